The molecule has 26 heavy (non-hydrogen) atoms. The van der Waals surface area contributed by atoms with Crippen molar-refractivity contribution < 1.29 is 27.6 Å². The smallest absolute Gasteiger partial charge is 0.339 e. The second-order valence-corrected chi connectivity index (χ2v) is 6.08. The minimum absolute atomic E-state index is 0.0621. The molecule has 0 amide bonds. The summed E-state index contributed by atoms with van der Waals surface area (Å²) < 4.78 is 42.6. The number of esters is 1. The van der Waals surface area contributed by atoms with E-state index in [4.69, 9.17) is 14.0 Å². The molecule has 0 radical (unpaired) electrons. The van der Waals surface area contributed by atoms with Crippen LogP contribution in [-0.4, -0.2) is 18.2 Å². The molecule has 1 aromatic heterocycles. The zero-order valence-corrected chi connectivity index (χ0v) is 15.0. The van der Waals surface area contributed by atoms with E-state index in [0.717, 1.165) is 12.1 Å². The van der Waals surface area contributed by atoms with Crippen molar-refractivity contribution >= 4 is 21.9 Å². The Bertz CT molecular complexity index is 958. The fourth-order valence-corrected chi connectivity index (χ4v) is 2.61. The van der Waals surface area contributed by atoms with Gasteiger partial charge in [0.2, 0.25) is 0 Å². The van der Waals surface area contributed by atoms with E-state index in [1.165, 1.54) is 25.3 Å². The standard InChI is InChI=1S/C18H12BrF2NO4/c1-24-12-3-5-15(19)14(8-12)18(23)25-9-11-7-17(26-22-11)13-4-2-10(20)6-16(13)21/h2-8H,9H2,1H3. The molecule has 3 rings (SSSR count). The number of aromatic nitrogens is 1. The molecule has 3 aromatic rings. The van der Waals surface area contributed by atoms with Crippen LogP contribution in [-0.2, 0) is 11.3 Å². The van der Waals surface area contributed by atoms with Crippen LogP contribution in [0.4, 0.5) is 8.78 Å². The molecular weight excluding hydrogens is 412 g/mol. The molecule has 134 valence electrons. The Kier molecular flexibility index (Phi) is 5.32. The van der Waals surface area contributed by atoms with Crippen LogP contribution in [0.15, 0.2) is 51.5 Å². The third-order valence-electron chi connectivity index (χ3n) is 3.50. The number of ether oxygens (including phenoxy) is 2. The summed E-state index contributed by atoms with van der Waals surface area (Å²) in [6, 6.07) is 9.43. The summed E-state index contributed by atoms with van der Waals surface area (Å²) >= 11 is 3.27. The highest BCUT2D eigenvalue weighted by Crippen LogP contribution is 2.26. The number of hydrogen-bond acceptors (Lipinski definition) is 5. The second kappa shape index (κ2) is 7.65. The van der Waals surface area contributed by atoms with Crippen LogP contribution in [0.1, 0.15) is 16.1 Å². The molecule has 0 saturated heterocycles. The van der Waals surface area contributed by atoms with Crippen molar-refractivity contribution in [2.75, 3.05) is 7.11 Å². The molecule has 0 fully saturated rings. The lowest BCUT2D eigenvalue weighted by atomic mass is 10.1. The van der Waals surface area contributed by atoms with Crippen molar-refractivity contribution in [1.82, 2.24) is 5.16 Å². The Labute approximate surface area is 155 Å². The van der Waals surface area contributed by atoms with Gasteiger partial charge in [-0.2, -0.15) is 0 Å². The lowest BCUT2D eigenvalue weighted by Gasteiger charge is -2.07. The number of carbonyl (C=O) groups excluding carboxylic acids is 1. The number of rotatable bonds is 5. The van der Waals surface area contributed by atoms with Gasteiger partial charge >= 0.3 is 5.97 Å². The topological polar surface area (TPSA) is 61.6 Å². The van der Waals surface area contributed by atoms with E-state index in [1.54, 1.807) is 12.1 Å². The summed E-state index contributed by atoms with van der Waals surface area (Å²) in [6.07, 6.45) is 0. The first-order valence-corrected chi connectivity index (χ1v) is 8.19. The highest BCUT2D eigenvalue weighted by molar-refractivity contribution is 9.10. The molecule has 0 N–H and O–H groups in total. The average Bonchev–Trinajstić information content (AvgIpc) is 3.08. The van der Waals surface area contributed by atoms with Crippen LogP contribution in [0, 0.1) is 11.6 Å². The van der Waals surface area contributed by atoms with E-state index >= 15 is 0 Å². The molecule has 0 aliphatic heterocycles. The fraction of sp³-hybridized carbons (Fsp3) is 0.111. The molecule has 0 aliphatic carbocycles. The van der Waals surface area contributed by atoms with E-state index in [9.17, 15) is 13.6 Å². The summed E-state index contributed by atoms with van der Waals surface area (Å²) in [6.45, 7) is -0.172. The van der Waals surface area contributed by atoms with Gasteiger partial charge in [-0.3, -0.25) is 0 Å². The first-order chi connectivity index (χ1) is 12.5. The monoisotopic (exact) mass is 423 g/mol. The summed E-state index contributed by atoms with van der Waals surface area (Å²) in [5.74, 6) is -1.44. The highest BCUT2D eigenvalue weighted by Gasteiger charge is 2.16. The zero-order valence-electron chi connectivity index (χ0n) is 13.5. The Balaban J connectivity index is 1.71. The van der Waals surface area contributed by atoms with E-state index in [2.05, 4.69) is 21.1 Å². The van der Waals surface area contributed by atoms with Crippen LogP contribution in [0.5, 0.6) is 5.75 Å². The molecule has 0 aliphatic rings. The van der Waals surface area contributed by atoms with Crippen LogP contribution >= 0.6 is 15.9 Å². The van der Waals surface area contributed by atoms with Crippen molar-refractivity contribution in [2.24, 2.45) is 0 Å². The van der Waals surface area contributed by atoms with Crippen molar-refractivity contribution in [1.29, 1.82) is 0 Å². The predicted molar refractivity (Wildman–Crippen MR) is 91.7 cm³/mol. The quantitative estimate of drug-likeness (QED) is 0.554. The minimum Gasteiger partial charge on any atom is -0.497 e. The summed E-state index contributed by atoms with van der Waals surface area (Å²) in [4.78, 5) is 12.2. The molecule has 0 spiro atoms. The maximum Gasteiger partial charge on any atom is 0.339 e. The first kappa shape index (κ1) is 18.1. The van der Waals surface area contributed by atoms with Gasteiger partial charge in [0.15, 0.2) is 5.76 Å². The maximum atomic E-state index is 13.8. The van der Waals surface area contributed by atoms with Crippen LogP contribution in [0.25, 0.3) is 11.3 Å². The zero-order chi connectivity index (χ0) is 18.7. The normalized spacial score (nSPS) is 10.6. The SMILES string of the molecule is COc1ccc(Br)c(C(=O)OCc2cc(-c3ccc(F)cc3F)on2)c1. The van der Waals surface area contributed by atoms with Crippen molar-refractivity contribution in [3.8, 4) is 17.1 Å². The van der Waals surface area contributed by atoms with Crippen molar-refractivity contribution in [2.45, 2.75) is 6.61 Å². The van der Waals surface area contributed by atoms with Crippen molar-refractivity contribution in [3.05, 3.63) is 69.8 Å². The van der Waals surface area contributed by atoms with E-state index in [-0.39, 0.29) is 29.2 Å². The third kappa shape index (κ3) is 3.91. The van der Waals surface area contributed by atoms with E-state index in [0.29, 0.717) is 10.2 Å². The Morgan fingerprint density at radius 3 is 2.73 bits per heavy atom. The Hall–Kier alpha value is -2.74. The molecule has 5 nitrogen and oxygen atoms in total. The largest absolute Gasteiger partial charge is 0.497 e. The van der Waals surface area contributed by atoms with Crippen LogP contribution in [0.2, 0.25) is 0 Å². The van der Waals surface area contributed by atoms with Gasteiger partial charge in [0.25, 0.3) is 0 Å². The first-order valence-electron chi connectivity index (χ1n) is 7.39. The van der Waals surface area contributed by atoms with E-state index in [1.807, 2.05) is 0 Å². The van der Waals surface area contributed by atoms with Crippen molar-refractivity contribution in [3.63, 3.8) is 0 Å². The molecular formula is C18H12BrF2NO4. The molecule has 1 heterocycles. The lowest BCUT2D eigenvalue weighted by Crippen LogP contribution is -2.06. The van der Waals surface area contributed by atoms with Gasteiger partial charge in [-0.1, -0.05) is 5.16 Å². The molecule has 2 aromatic carbocycles. The number of halogens is 3. The second-order valence-electron chi connectivity index (χ2n) is 5.23. The number of carbonyl (C=O) groups is 1. The van der Waals surface area contributed by atoms with Crippen LogP contribution in [0.3, 0.4) is 0 Å². The molecule has 8 heteroatoms. The van der Waals surface area contributed by atoms with Gasteiger partial charge in [-0.05, 0) is 46.3 Å². The molecule has 0 unspecified atom stereocenters. The maximum absolute atomic E-state index is 13.8. The number of methoxy groups -OCH3 is 1. The van der Waals surface area contributed by atoms with Gasteiger partial charge in [0.1, 0.15) is 29.7 Å². The van der Waals surface area contributed by atoms with E-state index < -0.39 is 17.6 Å². The number of nitrogens with zero attached hydrogens (tertiary/aromatic N) is 1. The van der Waals surface area contributed by atoms with Gasteiger partial charge < -0.3 is 14.0 Å². The highest BCUT2D eigenvalue weighted by atomic mass is 79.9. The number of benzene rings is 2. The number of hydrogen-bond donors (Lipinski definition) is 0. The molecule has 0 atom stereocenters. The van der Waals surface area contributed by atoms with Crippen LogP contribution < -0.4 is 4.74 Å². The summed E-state index contributed by atoms with van der Waals surface area (Å²) in [7, 11) is 1.49. The van der Waals surface area contributed by atoms with Gasteiger partial charge in [-0.15, -0.1) is 0 Å². The lowest BCUT2D eigenvalue weighted by molar-refractivity contribution is 0.0463. The average molecular weight is 424 g/mol. The summed E-state index contributed by atoms with van der Waals surface area (Å²) in [5, 5.41) is 3.73. The molecule has 0 bridgehead atoms. The van der Waals surface area contributed by atoms with Gasteiger partial charge in [-0.25, -0.2) is 13.6 Å². The predicted octanol–water partition coefficient (Wildman–Crippen LogP) is 4.75. The Morgan fingerprint density at radius 1 is 1.19 bits per heavy atom. The fourth-order valence-electron chi connectivity index (χ4n) is 2.20. The molecule has 0 saturated carbocycles. The summed E-state index contributed by atoms with van der Waals surface area (Å²) in [5.41, 5.74) is 0.640. The van der Waals surface area contributed by atoms with Gasteiger partial charge in [0.05, 0.1) is 18.2 Å². The minimum atomic E-state index is -0.773. The van der Waals surface area contributed by atoms with Gasteiger partial charge in [0, 0.05) is 16.6 Å². The third-order valence-corrected chi connectivity index (χ3v) is 4.19. The Morgan fingerprint density at radius 2 is 2.00 bits per heavy atom.